The molecule has 0 saturated heterocycles. The number of rotatable bonds is 3. The van der Waals surface area contributed by atoms with Gasteiger partial charge in [-0.05, 0) is 41.9 Å². The van der Waals surface area contributed by atoms with Gasteiger partial charge >= 0.3 is 0 Å². The van der Waals surface area contributed by atoms with E-state index in [1.54, 1.807) is 7.11 Å². The SMILES string of the molecule is COc1ccc(C(C)C)cc1C1CCC(=O)CC1. The van der Waals surface area contributed by atoms with Crippen LogP contribution in [0, 0.1) is 0 Å². The summed E-state index contributed by atoms with van der Waals surface area (Å²) < 4.78 is 5.48. The fourth-order valence-electron chi connectivity index (χ4n) is 2.68. The topological polar surface area (TPSA) is 26.3 Å². The van der Waals surface area contributed by atoms with Crippen LogP contribution in [0.1, 0.15) is 62.5 Å². The van der Waals surface area contributed by atoms with E-state index in [2.05, 4.69) is 32.0 Å². The van der Waals surface area contributed by atoms with Crippen molar-refractivity contribution >= 4 is 5.78 Å². The monoisotopic (exact) mass is 246 g/mol. The zero-order chi connectivity index (χ0) is 13.1. The lowest BCUT2D eigenvalue weighted by atomic mass is 9.82. The normalized spacial score (nSPS) is 17.2. The van der Waals surface area contributed by atoms with Crippen LogP contribution in [0.2, 0.25) is 0 Å². The molecule has 1 aromatic carbocycles. The van der Waals surface area contributed by atoms with Crippen molar-refractivity contribution in [1.82, 2.24) is 0 Å². The van der Waals surface area contributed by atoms with Crippen LogP contribution in [0.3, 0.4) is 0 Å². The van der Waals surface area contributed by atoms with Gasteiger partial charge in [0.25, 0.3) is 0 Å². The molecule has 0 aromatic heterocycles. The molecule has 0 spiro atoms. The number of benzene rings is 1. The Morgan fingerprint density at radius 2 is 1.89 bits per heavy atom. The van der Waals surface area contributed by atoms with Gasteiger partial charge in [-0.15, -0.1) is 0 Å². The first-order valence-corrected chi connectivity index (χ1v) is 6.81. The van der Waals surface area contributed by atoms with Crippen molar-refractivity contribution in [2.75, 3.05) is 7.11 Å². The molecule has 0 N–H and O–H groups in total. The van der Waals surface area contributed by atoms with Gasteiger partial charge in [-0.2, -0.15) is 0 Å². The molecule has 2 rings (SSSR count). The standard InChI is InChI=1S/C16H22O2/c1-11(2)13-6-9-16(18-3)15(10-13)12-4-7-14(17)8-5-12/h6,9-12H,4-5,7-8H2,1-3H3. The van der Waals surface area contributed by atoms with Crippen LogP contribution in [0.25, 0.3) is 0 Å². The Morgan fingerprint density at radius 3 is 2.44 bits per heavy atom. The summed E-state index contributed by atoms with van der Waals surface area (Å²) in [6.07, 6.45) is 3.38. The first-order chi connectivity index (χ1) is 8.61. The van der Waals surface area contributed by atoms with Gasteiger partial charge in [-0.25, -0.2) is 0 Å². The molecule has 18 heavy (non-hydrogen) atoms. The molecule has 0 bridgehead atoms. The number of Topliss-reactive ketones (excluding diaryl/α,β-unsaturated/α-hetero) is 1. The molecule has 0 amide bonds. The van der Waals surface area contributed by atoms with E-state index < -0.39 is 0 Å². The van der Waals surface area contributed by atoms with Gasteiger partial charge in [0.05, 0.1) is 7.11 Å². The third-order valence-corrected chi connectivity index (χ3v) is 3.90. The van der Waals surface area contributed by atoms with Crippen molar-refractivity contribution in [2.24, 2.45) is 0 Å². The Balaban J connectivity index is 2.29. The molecular weight excluding hydrogens is 224 g/mol. The van der Waals surface area contributed by atoms with Crippen molar-refractivity contribution in [3.63, 3.8) is 0 Å². The summed E-state index contributed by atoms with van der Waals surface area (Å²) in [5.41, 5.74) is 2.64. The summed E-state index contributed by atoms with van der Waals surface area (Å²) in [5, 5.41) is 0. The Labute approximate surface area is 109 Å². The van der Waals surface area contributed by atoms with Crippen LogP contribution in [0.4, 0.5) is 0 Å². The van der Waals surface area contributed by atoms with Crippen LogP contribution in [0.15, 0.2) is 18.2 Å². The molecule has 98 valence electrons. The second-order valence-electron chi connectivity index (χ2n) is 5.47. The van der Waals surface area contributed by atoms with E-state index in [0.29, 0.717) is 17.6 Å². The minimum atomic E-state index is 0.408. The molecule has 2 heteroatoms. The molecule has 0 heterocycles. The molecule has 0 aliphatic heterocycles. The van der Waals surface area contributed by atoms with E-state index in [9.17, 15) is 4.79 Å². The van der Waals surface area contributed by atoms with E-state index in [-0.39, 0.29) is 0 Å². The molecule has 1 fully saturated rings. The largest absolute Gasteiger partial charge is 0.496 e. The molecule has 1 saturated carbocycles. The highest BCUT2D eigenvalue weighted by atomic mass is 16.5. The van der Waals surface area contributed by atoms with E-state index in [4.69, 9.17) is 4.74 Å². The van der Waals surface area contributed by atoms with Crippen molar-refractivity contribution < 1.29 is 9.53 Å². The maximum Gasteiger partial charge on any atom is 0.132 e. The molecular formula is C16H22O2. The fourth-order valence-corrected chi connectivity index (χ4v) is 2.68. The van der Waals surface area contributed by atoms with Gasteiger partial charge in [0, 0.05) is 12.8 Å². The summed E-state index contributed by atoms with van der Waals surface area (Å²) in [6.45, 7) is 4.41. The van der Waals surface area contributed by atoms with Crippen molar-refractivity contribution in [2.45, 2.75) is 51.4 Å². The van der Waals surface area contributed by atoms with Gasteiger partial charge in [0.15, 0.2) is 0 Å². The predicted octanol–water partition coefficient (Wildman–Crippen LogP) is 4.05. The molecule has 0 radical (unpaired) electrons. The number of hydrogen-bond acceptors (Lipinski definition) is 2. The Bertz CT molecular complexity index is 425. The van der Waals surface area contributed by atoms with Gasteiger partial charge in [-0.3, -0.25) is 4.79 Å². The van der Waals surface area contributed by atoms with E-state index in [1.807, 2.05) is 0 Å². The van der Waals surface area contributed by atoms with Crippen molar-refractivity contribution in [3.8, 4) is 5.75 Å². The molecule has 1 aliphatic carbocycles. The summed E-state index contributed by atoms with van der Waals surface area (Å²) in [6, 6.07) is 6.48. The van der Waals surface area contributed by atoms with Gasteiger partial charge in [0.2, 0.25) is 0 Å². The predicted molar refractivity (Wildman–Crippen MR) is 73.3 cm³/mol. The minimum absolute atomic E-state index is 0.408. The highest BCUT2D eigenvalue weighted by Crippen LogP contribution is 2.37. The van der Waals surface area contributed by atoms with E-state index in [1.165, 1.54) is 11.1 Å². The van der Waals surface area contributed by atoms with Gasteiger partial charge in [0.1, 0.15) is 11.5 Å². The quantitative estimate of drug-likeness (QED) is 0.804. The van der Waals surface area contributed by atoms with E-state index >= 15 is 0 Å². The lowest BCUT2D eigenvalue weighted by Crippen LogP contribution is -2.13. The molecule has 0 atom stereocenters. The lowest BCUT2D eigenvalue weighted by molar-refractivity contribution is -0.120. The maximum atomic E-state index is 11.3. The van der Waals surface area contributed by atoms with Crippen LogP contribution in [-0.2, 0) is 4.79 Å². The Morgan fingerprint density at radius 1 is 1.22 bits per heavy atom. The van der Waals surface area contributed by atoms with Crippen LogP contribution >= 0.6 is 0 Å². The van der Waals surface area contributed by atoms with Gasteiger partial charge in [-0.1, -0.05) is 26.0 Å². The molecule has 1 aromatic rings. The smallest absolute Gasteiger partial charge is 0.132 e. The highest BCUT2D eigenvalue weighted by Gasteiger charge is 2.23. The second kappa shape index (κ2) is 5.55. The number of carbonyl (C=O) groups is 1. The maximum absolute atomic E-state index is 11.3. The zero-order valence-electron chi connectivity index (χ0n) is 11.5. The Hall–Kier alpha value is -1.31. The van der Waals surface area contributed by atoms with Crippen molar-refractivity contribution in [1.29, 1.82) is 0 Å². The number of hydrogen-bond donors (Lipinski definition) is 0. The molecule has 1 aliphatic rings. The number of ether oxygens (including phenoxy) is 1. The van der Waals surface area contributed by atoms with Crippen molar-refractivity contribution in [3.05, 3.63) is 29.3 Å². The molecule has 0 unspecified atom stereocenters. The first-order valence-electron chi connectivity index (χ1n) is 6.81. The average molecular weight is 246 g/mol. The summed E-state index contributed by atoms with van der Waals surface area (Å²) >= 11 is 0. The van der Waals surface area contributed by atoms with E-state index in [0.717, 1.165) is 31.4 Å². The van der Waals surface area contributed by atoms with Crippen LogP contribution in [-0.4, -0.2) is 12.9 Å². The Kier molecular flexibility index (Phi) is 4.05. The minimum Gasteiger partial charge on any atom is -0.496 e. The third-order valence-electron chi connectivity index (χ3n) is 3.90. The molecule has 2 nitrogen and oxygen atoms in total. The van der Waals surface area contributed by atoms with Gasteiger partial charge < -0.3 is 4.74 Å². The average Bonchev–Trinajstić information content (AvgIpc) is 2.39. The first kappa shape index (κ1) is 13.1. The summed E-state index contributed by atoms with van der Waals surface area (Å²) in [4.78, 5) is 11.3. The summed E-state index contributed by atoms with van der Waals surface area (Å²) in [7, 11) is 1.72. The lowest BCUT2D eigenvalue weighted by Gasteiger charge is -2.24. The highest BCUT2D eigenvalue weighted by molar-refractivity contribution is 5.79. The third kappa shape index (κ3) is 2.74. The summed E-state index contributed by atoms with van der Waals surface area (Å²) in [5.74, 6) is 2.39. The number of carbonyl (C=O) groups excluding carboxylic acids is 1. The number of ketones is 1. The van der Waals surface area contributed by atoms with Crippen LogP contribution < -0.4 is 4.74 Å². The zero-order valence-corrected chi connectivity index (χ0v) is 11.5. The fraction of sp³-hybridized carbons (Fsp3) is 0.562. The second-order valence-corrected chi connectivity index (χ2v) is 5.47. The number of methoxy groups -OCH3 is 1. The van der Waals surface area contributed by atoms with Crippen LogP contribution in [0.5, 0.6) is 5.75 Å².